The number of carbonyl (C=O) groups excluding carboxylic acids is 2. The summed E-state index contributed by atoms with van der Waals surface area (Å²) in [7, 11) is 0. The summed E-state index contributed by atoms with van der Waals surface area (Å²) in [6.07, 6.45) is 4.01. The molecule has 0 saturated carbocycles. The van der Waals surface area contributed by atoms with Crippen LogP contribution in [0, 0.1) is 6.92 Å². The first-order chi connectivity index (χ1) is 11.5. The minimum atomic E-state index is -1.22. The van der Waals surface area contributed by atoms with Crippen molar-refractivity contribution >= 4 is 29.2 Å². The SMILES string of the molecule is Cc1c(Cl)cccc1NC(=O)C[C@H]([NH2+]CCCCCC[NH3+])C(=O)[O-]. The van der Waals surface area contributed by atoms with Gasteiger partial charge in [0.2, 0.25) is 5.91 Å². The number of hydrogen-bond acceptors (Lipinski definition) is 3. The van der Waals surface area contributed by atoms with Crippen LogP contribution in [-0.4, -0.2) is 31.0 Å². The van der Waals surface area contributed by atoms with Gasteiger partial charge in [-0.3, -0.25) is 4.79 Å². The van der Waals surface area contributed by atoms with Crippen LogP contribution in [0.4, 0.5) is 5.69 Å². The van der Waals surface area contributed by atoms with Gasteiger partial charge in [-0.05, 0) is 50.3 Å². The molecule has 0 heterocycles. The van der Waals surface area contributed by atoms with Gasteiger partial charge < -0.3 is 26.3 Å². The van der Waals surface area contributed by atoms with Gasteiger partial charge in [0.15, 0.2) is 0 Å². The van der Waals surface area contributed by atoms with E-state index in [1.54, 1.807) is 30.4 Å². The topological polar surface area (TPSA) is 113 Å². The number of amides is 1. The number of carbonyl (C=O) groups is 2. The molecule has 7 heteroatoms. The van der Waals surface area contributed by atoms with Crippen LogP contribution < -0.4 is 21.5 Å². The van der Waals surface area contributed by atoms with Gasteiger partial charge in [0, 0.05) is 10.7 Å². The molecule has 1 aromatic rings. The van der Waals surface area contributed by atoms with Gasteiger partial charge in [-0.25, -0.2) is 0 Å². The lowest BCUT2D eigenvalue weighted by atomic mass is 10.1. The van der Waals surface area contributed by atoms with E-state index in [9.17, 15) is 14.7 Å². The van der Waals surface area contributed by atoms with E-state index < -0.39 is 12.0 Å². The van der Waals surface area contributed by atoms with Gasteiger partial charge in [-0.15, -0.1) is 0 Å². The monoisotopic (exact) mass is 356 g/mol. The summed E-state index contributed by atoms with van der Waals surface area (Å²) >= 11 is 6.01. The van der Waals surface area contributed by atoms with E-state index in [1.807, 2.05) is 0 Å². The van der Waals surface area contributed by atoms with Crippen LogP contribution in [0.2, 0.25) is 5.02 Å². The zero-order chi connectivity index (χ0) is 17.9. The summed E-state index contributed by atoms with van der Waals surface area (Å²) in [6.45, 7) is 3.39. The Balaban J connectivity index is 2.45. The van der Waals surface area contributed by atoms with E-state index in [1.165, 1.54) is 0 Å². The number of nitrogens with two attached hydrogens (primary N) is 1. The Hall–Kier alpha value is -1.63. The first kappa shape index (κ1) is 20.4. The summed E-state index contributed by atoms with van der Waals surface area (Å²) in [5, 5.41) is 16.2. The van der Waals surface area contributed by atoms with Crippen molar-refractivity contribution in [2.75, 3.05) is 18.4 Å². The zero-order valence-corrected chi connectivity index (χ0v) is 14.9. The Labute approximate surface area is 147 Å². The number of rotatable bonds is 11. The molecule has 1 amide bonds. The highest BCUT2D eigenvalue weighted by Crippen LogP contribution is 2.22. The third-order valence-electron chi connectivity index (χ3n) is 3.91. The predicted molar refractivity (Wildman–Crippen MR) is 91.2 cm³/mol. The average molecular weight is 357 g/mol. The lowest BCUT2D eigenvalue weighted by Crippen LogP contribution is -2.93. The molecule has 0 unspecified atom stereocenters. The molecule has 0 spiro atoms. The van der Waals surface area contributed by atoms with Crippen molar-refractivity contribution in [3.8, 4) is 0 Å². The van der Waals surface area contributed by atoms with E-state index in [0.717, 1.165) is 37.8 Å². The molecule has 0 radical (unpaired) electrons. The second-order valence-electron chi connectivity index (χ2n) is 5.88. The van der Waals surface area contributed by atoms with E-state index >= 15 is 0 Å². The van der Waals surface area contributed by atoms with Gasteiger partial charge in [0.05, 0.1) is 25.5 Å². The molecule has 1 rings (SSSR count). The maximum absolute atomic E-state index is 12.1. The number of anilines is 1. The van der Waals surface area contributed by atoms with Crippen molar-refractivity contribution < 1.29 is 25.7 Å². The molecule has 24 heavy (non-hydrogen) atoms. The van der Waals surface area contributed by atoms with Crippen molar-refractivity contribution in [3.63, 3.8) is 0 Å². The molecule has 0 aromatic heterocycles. The summed E-state index contributed by atoms with van der Waals surface area (Å²) in [4.78, 5) is 23.3. The average Bonchev–Trinajstić information content (AvgIpc) is 2.53. The summed E-state index contributed by atoms with van der Waals surface area (Å²) in [6, 6.07) is 4.33. The Morgan fingerprint density at radius 3 is 2.67 bits per heavy atom. The van der Waals surface area contributed by atoms with Crippen molar-refractivity contribution in [3.05, 3.63) is 28.8 Å². The number of benzene rings is 1. The fraction of sp³-hybridized carbons (Fsp3) is 0.529. The van der Waals surface area contributed by atoms with Crippen LogP contribution in [0.1, 0.15) is 37.7 Å². The summed E-state index contributed by atoms with van der Waals surface area (Å²) < 4.78 is 0. The zero-order valence-electron chi connectivity index (χ0n) is 14.1. The number of quaternary nitrogens is 2. The molecule has 0 aliphatic carbocycles. The molecule has 0 aliphatic rings. The fourth-order valence-corrected chi connectivity index (χ4v) is 2.57. The highest BCUT2D eigenvalue weighted by Gasteiger charge is 2.18. The highest BCUT2D eigenvalue weighted by atomic mass is 35.5. The van der Waals surface area contributed by atoms with Crippen LogP contribution in [0.5, 0.6) is 0 Å². The van der Waals surface area contributed by atoms with Crippen molar-refractivity contribution in [1.82, 2.24) is 0 Å². The first-order valence-corrected chi connectivity index (χ1v) is 8.72. The standard InChI is InChI=1S/C17H26ClN3O3/c1-12-13(18)7-6-8-14(12)21-16(22)11-15(17(23)24)20-10-5-3-2-4-9-19/h6-8,15,20H,2-5,9-11,19H2,1H3,(H,21,22)(H,23,24)/p+1/t15-/m0/s1. The van der Waals surface area contributed by atoms with Crippen molar-refractivity contribution in [1.29, 1.82) is 0 Å². The number of halogens is 1. The van der Waals surface area contributed by atoms with E-state index in [0.29, 0.717) is 17.3 Å². The predicted octanol–water partition coefficient (Wildman–Crippen LogP) is -0.539. The summed E-state index contributed by atoms with van der Waals surface area (Å²) in [5.74, 6) is -1.58. The molecule has 0 bridgehead atoms. The minimum Gasteiger partial charge on any atom is -0.544 e. The number of aliphatic carboxylic acids is 1. The molecule has 0 aliphatic heterocycles. The normalized spacial score (nSPS) is 12.0. The lowest BCUT2D eigenvalue weighted by Gasteiger charge is -2.17. The molecule has 1 aromatic carbocycles. The third kappa shape index (κ3) is 7.29. The third-order valence-corrected chi connectivity index (χ3v) is 4.31. The molecule has 6 N–H and O–H groups in total. The Kier molecular flexibility index (Phi) is 9.37. The summed E-state index contributed by atoms with van der Waals surface area (Å²) in [5.41, 5.74) is 5.14. The maximum Gasteiger partial charge on any atom is 0.230 e. The molecular formula is C17H27ClN3O3+. The van der Waals surface area contributed by atoms with Crippen molar-refractivity contribution in [2.24, 2.45) is 0 Å². The Morgan fingerprint density at radius 1 is 1.29 bits per heavy atom. The van der Waals surface area contributed by atoms with Gasteiger partial charge in [-0.2, -0.15) is 0 Å². The van der Waals surface area contributed by atoms with E-state index in [2.05, 4.69) is 11.1 Å². The molecule has 6 nitrogen and oxygen atoms in total. The second kappa shape index (κ2) is 11.0. The van der Waals surface area contributed by atoms with Gasteiger partial charge >= 0.3 is 0 Å². The molecule has 0 fully saturated rings. The smallest absolute Gasteiger partial charge is 0.230 e. The molecular weight excluding hydrogens is 330 g/mol. The van der Waals surface area contributed by atoms with Gasteiger partial charge in [0.25, 0.3) is 0 Å². The Bertz CT molecular complexity index is 552. The van der Waals surface area contributed by atoms with Crippen molar-refractivity contribution in [2.45, 2.75) is 45.1 Å². The maximum atomic E-state index is 12.1. The van der Waals surface area contributed by atoms with Crippen LogP contribution in [0.3, 0.4) is 0 Å². The van der Waals surface area contributed by atoms with E-state index in [-0.39, 0.29) is 12.3 Å². The van der Waals surface area contributed by atoms with Crippen LogP contribution in [-0.2, 0) is 9.59 Å². The minimum absolute atomic E-state index is 0.132. The molecule has 0 saturated heterocycles. The molecule has 1 atom stereocenters. The van der Waals surface area contributed by atoms with Gasteiger partial charge in [-0.1, -0.05) is 17.7 Å². The van der Waals surface area contributed by atoms with Crippen LogP contribution >= 0.6 is 11.6 Å². The lowest BCUT2D eigenvalue weighted by molar-refractivity contribution is -0.682. The van der Waals surface area contributed by atoms with Crippen LogP contribution in [0.25, 0.3) is 0 Å². The number of unbranched alkanes of at least 4 members (excludes halogenated alkanes) is 3. The second-order valence-corrected chi connectivity index (χ2v) is 6.29. The Morgan fingerprint density at radius 2 is 2.00 bits per heavy atom. The number of carboxylic acid groups (broad SMARTS) is 1. The van der Waals surface area contributed by atoms with Crippen LogP contribution in [0.15, 0.2) is 18.2 Å². The largest absolute Gasteiger partial charge is 0.544 e. The molecule has 134 valence electrons. The quantitative estimate of drug-likeness (QED) is 0.463. The first-order valence-electron chi connectivity index (χ1n) is 8.34. The fourth-order valence-electron chi connectivity index (χ4n) is 2.40. The van der Waals surface area contributed by atoms with E-state index in [4.69, 9.17) is 11.6 Å². The number of nitrogens with one attached hydrogen (secondary N) is 1. The highest BCUT2D eigenvalue weighted by molar-refractivity contribution is 6.31. The van der Waals surface area contributed by atoms with Gasteiger partial charge in [0.1, 0.15) is 6.04 Å². The number of carboxylic acids is 1. The number of hydrogen-bond donors (Lipinski definition) is 3.